The third-order valence-electron chi connectivity index (χ3n) is 1.34. The Bertz CT molecular complexity index is 292. The van der Waals surface area contributed by atoms with E-state index in [1.165, 1.54) is 0 Å². The Balaban J connectivity index is 2.71. The number of benzene rings is 1. The van der Waals surface area contributed by atoms with E-state index in [1.54, 1.807) is 37.4 Å². The molecule has 1 rings (SSSR count). The fourth-order valence-electron chi connectivity index (χ4n) is 0.854. The molecule has 1 aromatic carbocycles. The second-order valence-electron chi connectivity index (χ2n) is 3.12. The molecule has 0 heterocycles. The first-order chi connectivity index (χ1) is 5.99. The summed E-state index contributed by atoms with van der Waals surface area (Å²) in [5.74, 6) is -0.340. The molecule has 1 aromatic rings. The lowest BCUT2D eigenvalue weighted by molar-refractivity contribution is 0.0730. The molecule has 0 aliphatic rings. The van der Waals surface area contributed by atoms with Crippen molar-refractivity contribution in [1.29, 1.82) is 0 Å². The van der Waals surface area contributed by atoms with Gasteiger partial charge in [0.15, 0.2) is 0 Å². The summed E-state index contributed by atoms with van der Waals surface area (Å²) < 4.78 is 5.09. The summed E-state index contributed by atoms with van der Waals surface area (Å²) in [6.07, 6.45) is 0. The van der Waals surface area contributed by atoms with Crippen molar-refractivity contribution in [3.8, 4) is 0 Å². The molecule has 0 spiro atoms. The van der Waals surface area contributed by atoms with E-state index < -0.39 is 7.63 Å². The summed E-state index contributed by atoms with van der Waals surface area (Å²) in [5, 5.41) is 0. The van der Waals surface area contributed by atoms with Crippen LogP contribution in [-0.2, 0) is 4.43 Å². The predicted octanol–water partition coefficient (Wildman–Crippen LogP) is 2.78. The molecule has 0 amide bonds. The number of rotatable bonds is 2. The molecular weight excluding hydrogens is 204 g/mol. The molecule has 0 unspecified atom stereocenters. The molecule has 0 atom stereocenters. The standard InChI is InChI=1S/C9H11ClO2Si/c1-13(2,10)12-9(11)8-6-4-3-5-7-8/h3-7H,1-2H3. The van der Waals surface area contributed by atoms with E-state index in [0.29, 0.717) is 5.56 Å². The maximum atomic E-state index is 11.4. The van der Waals surface area contributed by atoms with Crippen molar-refractivity contribution in [2.24, 2.45) is 0 Å². The molecule has 0 saturated carbocycles. The van der Waals surface area contributed by atoms with Crippen molar-refractivity contribution < 1.29 is 9.22 Å². The van der Waals surface area contributed by atoms with Gasteiger partial charge in [-0.1, -0.05) is 18.2 Å². The lowest BCUT2D eigenvalue weighted by Gasteiger charge is -2.14. The fourth-order valence-corrected chi connectivity index (χ4v) is 1.62. The zero-order valence-electron chi connectivity index (χ0n) is 7.58. The maximum absolute atomic E-state index is 11.4. The van der Waals surface area contributed by atoms with Crippen LogP contribution in [0.4, 0.5) is 0 Å². The van der Waals surface area contributed by atoms with E-state index in [1.807, 2.05) is 6.07 Å². The van der Waals surface area contributed by atoms with Crippen LogP contribution in [0.15, 0.2) is 30.3 Å². The van der Waals surface area contributed by atoms with Crippen LogP contribution in [0.1, 0.15) is 10.4 Å². The van der Waals surface area contributed by atoms with Crippen molar-refractivity contribution in [2.75, 3.05) is 0 Å². The van der Waals surface area contributed by atoms with Crippen molar-refractivity contribution in [1.82, 2.24) is 0 Å². The van der Waals surface area contributed by atoms with Gasteiger partial charge in [0.2, 0.25) is 0 Å². The minimum absolute atomic E-state index is 0.340. The van der Waals surface area contributed by atoms with Gasteiger partial charge < -0.3 is 4.43 Å². The fraction of sp³-hybridized carbons (Fsp3) is 0.222. The predicted molar refractivity (Wildman–Crippen MR) is 55.2 cm³/mol. The van der Waals surface area contributed by atoms with Gasteiger partial charge >= 0.3 is 13.6 Å². The molecule has 0 bridgehead atoms. The molecule has 0 aliphatic heterocycles. The minimum atomic E-state index is -2.28. The third-order valence-corrected chi connectivity index (χ3v) is 2.25. The Kier molecular flexibility index (Phi) is 3.11. The van der Waals surface area contributed by atoms with Crippen LogP contribution in [0.3, 0.4) is 0 Å². The largest absolute Gasteiger partial charge is 0.501 e. The summed E-state index contributed by atoms with van der Waals surface area (Å²) in [6, 6.07) is 8.84. The van der Waals surface area contributed by atoms with Gasteiger partial charge in [0, 0.05) is 0 Å². The van der Waals surface area contributed by atoms with Crippen LogP contribution >= 0.6 is 11.1 Å². The zero-order chi connectivity index (χ0) is 9.90. The monoisotopic (exact) mass is 214 g/mol. The first-order valence-electron chi connectivity index (χ1n) is 3.96. The van der Waals surface area contributed by atoms with Crippen LogP contribution in [0.25, 0.3) is 0 Å². The Morgan fingerprint density at radius 2 is 1.85 bits per heavy atom. The first kappa shape index (κ1) is 10.3. The van der Waals surface area contributed by atoms with E-state index >= 15 is 0 Å². The summed E-state index contributed by atoms with van der Waals surface area (Å²) in [4.78, 5) is 11.4. The second-order valence-corrected chi connectivity index (χ2v) is 8.78. The van der Waals surface area contributed by atoms with Gasteiger partial charge in [-0.3, -0.25) is 0 Å². The smallest absolute Gasteiger partial charge is 0.345 e. The average Bonchev–Trinajstić information content (AvgIpc) is 2.03. The molecule has 0 radical (unpaired) electrons. The van der Waals surface area contributed by atoms with Gasteiger partial charge in [0.1, 0.15) is 0 Å². The van der Waals surface area contributed by atoms with Crippen molar-refractivity contribution in [3.63, 3.8) is 0 Å². The number of carbonyl (C=O) groups is 1. The molecule has 4 heteroatoms. The highest BCUT2D eigenvalue weighted by Gasteiger charge is 2.24. The number of halogens is 1. The molecule has 0 N–H and O–H groups in total. The second kappa shape index (κ2) is 3.94. The van der Waals surface area contributed by atoms with Crippen molar-refractivity contribution in [2.45, 2.75) is 13.1 Å². The highest BCUT2D eigenvalue weighted by atomic mass is 35.6. The Labute approximate surface area is 83.3 Å². The van der Waals surface area contributed by atoms with E-state index in [0.717, 1.165) is 0 Å². The lowest BCUT2D eigenvalue weighted by Crippen LogP contribution is -2.26. The number of hydrogen-bond acceptors (Lipinski definition) is 2. The topological polar surface area (TPSA) is 26.3 Å². The average molecular weight is 215 g/mol. The molecule has 0 aromatic heterocycles. The molecule has 0 aliphatic carbocycles. The molecule has 0 saturated heterocycles. The van der Waals surface area contributed by atoms with Crippen LogP contribution in [0.2, 0.25) is 13.1 Å². The lowest BCUT2D eigenvalue weighted by atomic mass is 10.2. The van der Waals surface area contributed by atoms with Crippen molar-refractivity contribution >= 4 is 24.7 Å². The van der Waals surface area contributed by atoms with Gasteiger partial charge in [0.05, 0.1) is 5.56 Å². The third kappa shape index (κ3) is 3.61. The van der Waals surface area contributed by atoms with E-state index in [-0.39, 0.29) is 5.97 Å². The van der Waals surface area contributed by atoms with E-state index in [2.05, 4.69) is 0 Å². The summed E-state index contributed by atoms with van der Waals surface area (Å²) in [5.41, 5.74) is 0.545. The van der Waals surface area contributed by atoms with Gasteiger partial charge in [-0.05, 0) is 25.2 Å². The minimum Gasteiger partial charge on any atom is -0.501 e. The Morgan fingerprint density at radius 3 is 2.31 bits per heavy atom. The van der Waals surface area contributed by atoms with Gasteiger partial charge in [-0.2, -0.15) is 0 Å². The highest BCUT2D eigenvalue weighted by Crippen LogP contribution is 2.12. The summed E-state index contributed by atoms with van der Waals surface area (Å²) in [7, 11) is -2.28. The zero-order valence-corrected chi connectivity index (χ0v) is 9.34. The molecule has 0 fully saturated rings. The molecule has 2 nitrogen and oxygen atoms in total. The quantitative estimate of drug-likeness (QED) is 0.559. The Morgan fingerprint density at radius 1 is 1.31 bits per heavy atom. The SMILES string of the molecule is C[Si](C)(Cl)OC(=O)c1ccccc1. The summed E-state index contributed by atoms with van der Waals surface area (Å²) >= 11 is 5.87. The van der Waals surface area contributed by atoms with E-state index in [4.69, 9.17) is 15.5 Å². The maximum Gasteiger partial charge on any atom is 0.345 e. The highest BCUT2D eigenvalue weighted by molar-refractivity contribution is 7.15. The van der Waals surface area contributed by atoms with Gasteiger partial charge in [-0.25, -0.2) is 4.79 Å². The van der Waals surface area contributed by atoms with Crippen LogP contribution in [-0.4, -0.2) is 13.6 Å². The molecule has 13 heavy (non-hydrogen) atoms. The number of hydrogen-bond donors (Lipinski definition) is 0. The van der Waals surface area contributed by atoms with E-state index in [9.17, 15) is 4.79 Å². The normalized spacial score (nSPS) is 11.0. The van der Waals surface area contributed by atoms with Crippen LogP contribution in [0, 0.1) is 0 Å². The molecular formula is C9H11ClO2Si. The Hall–Kier alpha value is -0.803. The summed E-state index contributed by atoms with van der Waals surface area (Å²) in [6.45, 7) is 3.52. The van der Waals surface area contributed by atoms with Crippen LogP contribution < -0.4 is 0 Å². The number of carbonyl (C=O) groups excluding carboxylic acids is 1. The first-order valence-corrected chi connectivity index (χ1v) is 7.88. The van der Waals surface area contributed by atoms with Gasteiger partial charge in [-0.15, -0.1) is 11.1 Å². The van der Waals surface area contributed by atoms with Crippen LogP contribution in [0.5, 0.6) is 0 Å². The van der Waals surface area contributed by atoms with Crippen molar-refractivity contribution in [3.05, 3.63) is 35.9 Å². The molecule has 70 valence electrons. The van der Waals surface area contributed by atoms with Gasteiger partial charge in [0.25, 0.3) is 0 Å².